The topological polar surface area (TPSA) is 20.3 Å². The Hall–Kier alpha value is -1.31. The van der Waals surface area contributed by atoms with Crippen LogP contribution in [0.1, 0.15) is 57.4 Å². The number of piperidine rings is 1. The molecule has 0 bridgehead atoms. The summed E-state index contributed by atoms with van der Waals surface area (Å²) in [5.74, 6) is 1.13. The summed E-state index contributed by atoms with van der Waals surface area (Å²) in [6.07, 6.45) is 9.00. The number of rotatable bonds is 7. The molecule has 1 amide bonds. The van der Waals surface area contributed by atoms with Crippen molar-refractivity contribution in [3.63, 3.8) is 0 Å². The molecule has 1 aromatic rings. The van der Waals surface area contributed by atoms with Gasteiger partial charge in [-0.25, -0.2) is 0 Å². The third-order valence-electron chi connectivity index (χ3n) is 4.58. The number of benzene rings is 1. The van der Waals surface area contributed by atoms with E-state index >= 15 is 0 Å². The molecule has 1 fully saturated rings. The number of unbranched alkanes of at least 4 members (excludes halogenated alkanes) is 3. The van der Waals surface area contributed by atoms with Gasteiger partial charge in [0.25, 0.3) is 0 Å². The fourth-order valence-electron chi connectivity index (χ4n) is 3.20. The number of likely N-dealkylation sites (tertiary alicyclic amines) is 1. The van der Waals surface area contributed by atoms with Gasteiger partial charge in [0.2, 0.25) is 5.91 Å². The van der Waals surface area contributed by atoms with E-state index in [1.165, 1.54) is 31.2 Å². The Labute approximate surface area is 129 Å². The summed E-state index contributed by atoms with van der Waals surface area (Å²) in [6.45, 7) is 4.13. The molecule has 0 aliphatic carbocycles. The van der Waals surface area contributed by atoms with Crippen LogP contribution < -0.4 is 0 Å². The summed E-state index contributed by atoms with van der Waals surface area (Å²) in [5, 5.41) is 0. The molecular formula is C19H29NO. The van der Waals surface area contributed by atoms with Crippen LogP contribution in [0.3, 0.4) is 0 Å². The van der Waals surface area contributed by atoms with Gasteiger partial charge in [-0.15, -0.1) is 0 Å². The van der Waals surface area contributed by atoms with E-state index in [0.717, 1.165) is 44.7 Å². The van der Waals surface area contributed by atoms with Gasteiger partial charge >= 0.3 is 0 Å². The molecule has 2 rings (SSSR count). The maximum absolute atomic E-state index is 12.2. The van der Waals surface area contributed by atoms with Gasteiger partial charge in [0.1, 0.15) is 0 Å². The molecule has 116 valence electrons. The van der Waals surface area contributed by atoms with Crippen LogP contribution >= 0.6 is 0 Å². The molecule has 0 atom stereocenters. The highest BCUT2D eigenvalue weighted by Crippen LogP contribution is 2.22. The van der Waals surface area contributed by atoms with Crippen LogP contribution in [0.2, 0.25) is 0 Å². The lowest BCUT2D eigenvalue weighted by Crippen LogP contribution is -2.38. The Bertz CT molecular complexity index is 407. The minimum absolute atomic E-state index is 0.379. The zero-order chi connectivity index (χ0) is 14.9. The van der Waals surface area contributed by atoms with Gasteiger partial charge in [0.05, 0.1) is 0 Å². The molecule has 1 aromatic carbocycles. The van der Waals surface area contributed by atoms with Crippen LogP contribution in [0.15, 0.2) is 30.3 Å². The molecule has 0 saturated carbocycles. The molecule has 0 N–H and O–H groups in total. The fraction of sp³-hybridized carbons (Fsp3) is 0.632. The van der Waals surface area contributed by atoms with Gasteiger partial charge < -0.3 is 4.90 Å². The first-order valence-electron chi connectivity index (χ1n) is 8.61. The van der Waals surface area contributed by atoms with Gasteiger partial charge in [-0.3, -0.25) is 4.79 Å². The Balaban J connectivity index is 1.67. The Morgan fingerprint density at radius 3 is 2.48 bits per heavy atom. The van der Waals surface area contributed by atoms with E-state index in [1.54, 1.807) is 0 Å². The highest BCUT2D eigenvalue weighted by molar-refractivity contribution is 5.76. The molecule has 21 heavy (non-hydrogen) atoms. The molecular weight excluding hydrogens is 258 g/mol. The predicted octanol–water partition coefficient (Wildman–Crippen LogP) is 4.44. The van der Waals surface area contributed by atoms with Gasteiger partial charge in [-0.2, -0.15) is 0 Å². The molecule has 1 saturated heterocycles. The molecule has 0 spiro atoms. The SMILES string of the molecule is CCCCCCC(=O)N1CCC(Cc2ccccc2)CC1. The van der Waals surface area contributed by atoms with Crippen LogP contribution in [0.5, 0.6) is 0 Å². The number of hydrogen-bond acceptors (Lipinski definition) is 1. The van der Waals surface area contributed by atoms with Crippen LogP contribution in [-0.4, -0.2) is 23.9 Å². The highest BCUT2D eigenvalue weighted by atomic mass is 16.2. The highest BCUT2D eigenvalue weighted by Gasteiger charge is 2.22. The third-order valence-corrected chi connectivity index (χ3v) is 4.58. The molecule has 0 unspecified atom stereocenters. The first-order valence-corrected chi connectivity index (χ1v) is 8.61. The maximum atomic E-state index is 12.2. The number of amides is 1. The Morgan fingerprint density at radius 1 is 1.10 bits per heavy atom. The van der Waals surface area contributed by atoms with Crippen LogP contribution in [0.25, 0.3) is 0 Å². The van der Waals surface area contributed by atoms with Crippen LogP contribution in [0, 0.1) is 5.92 Å². The Kier molecular flexibility index (Phi) is 6.78. The monoisotopic (exact) mass is 287 g/mol. The van der Waals surface area contributed by atoms with Gasteiger partial charge in [0, 0.05) is 19.5 Å². The van der Waals surface area contributed by atoms with Crippen molar-refractivity contribution in [2.45, 2.75) is 58.3 Å². The van der Waals surface area contributed by atoms with E-state index in [-0.39, 0.29) is 0 Å². The third kappa shape index (κ3) is 5.53. The molecule has 1 heterocycles. The lowest BCUT2D eigenvalue weighted by molar-refractivity contribution is -0.132. The van der Waals surface area contributed by atoms with Crippen molar-refractivity contribution in [3.05, 3.63) is 35.9 Å². The first-order chi connectivity index (χ1) is 10.3. The maximum Gasteiger partial charge on any atom is 0.222 e. The minimum atomic E-state index is 0.379. The molecule has 2 heteroatoms. The minimum Gasteiger partial charge on any atom is -0.343 e. The van der Waals surface area contributed by atoms with Gasteiger partial charge in [0.15, 0.2) is 0 Å². The lowest BCUT2D eigenvalue weighted by atomic mass is 9.90. The quantitative estimate of drug-likeness (QED) is 0.679. The van der Waals surface area contributed by atoms with E-state index in [2.05, 4.69) is 42.2 Å². The summed E-state index contributed by atoms with van der Waals surface area (Å²) in [5.41, 5.74) is 1.43. The predicted molar refractivity (Wildman–Crippen MR) is 88.2 cm³/mol. The summed E-state index contributed by atoms with van der Waals surface area (Å²) in [7, 11) is 0. The molecule has 1 aliphatic rings. The second-order valence-corrected chi connectivity index (χ2v) is 6.32. The van der Waals surface area contributed by atoms with Crippen molar-refractivity contribution < 1.29 is 4.79 Å². The van der Waals surface area contributed by atoms with Crippen LogP contribution in [-0.2, 0) is 11.2 Å². The van der Waals surface area contributed by atoms with Gasteiger partial charge in [-0.1, -0.05) is 56.5 Å². The van der Waals surface area contributed by atoms with Crippen molar-refractivity contribution in [3.8, 4) is 0 Å². The normalized spacial score (nSPS) is 16.1. The second-order valence-electron chi connectivity index (χ2n) is 6.32. The summed E-state index contributed by atoms with van der Waals surface area (Å²) in [6, 6.07) is 10.7. The smallest absolute Gasteiger partial charge is 0.222 e. The van der Waals surface area contributed by atoms with E-state index in [1.807, 2.05) is 0 Å². The largest absolute Gasteiger partial charge is 0.343 e. The van der Waals surface area contributed by atoms with E-state index in [4.69, 9.17) is 0 Å². The second kappa shape index (κ2) is 8.86. The molecule has 1 aliphatic heterocycles. The van der Waals surface area contributed by atoms with Gasteiger partial charge in [-0.05, 0) is 37.2 Å². The fourth-order valence-corrected chi connectivity index (χ4v) is 3.20. The van der Waals surface area contributed by atoms with Crippen molar-refractivity contribution in [1.29, 1.82) is 0 Å². The number of nitrogens with zero attached hydrogens (tertiary/aromatic N) is 1. The van der Waals surface area contributed by atoms with Crippen molar-refractivity contribution >= 4 is 5.91 Å². The average Bonchev–Trinajstić information content (AvgIpc) is 2.53. The number of carbonyl (C=O) groups excluding carboxylic acids is 1. The Morgan fingerprint density at radius 2 is 1.81 bits per heavy atom. The summed E-state index contributed by atoms with van der Waals surface area (Å²) >= 11 is 0. The van der Waals surface area contributed by atoms with E-state index in [9.17, 15) is 4.79 Å². The molecule has 2 nitrogen and oxygen atoms in total. The average molecular weight is 287 g/mol. The first kappa shape index (κ1) is 16.1. The molecule has 0 aromatic heterocycles. The van der Waals surface area contributed by atoms with E-state index < -0.39 is 0 Å². The number of carbonyl (C=O) groups is 1. The van der Waals surface area contributed by atoms with Crippen molar-refractivity contribution in [2.75, 3.05) is 13.1 Å². The standard InChI is InChI=1S/C19H29NO/c1-2-3-4-8-11-19(21)20-14-12-18(13-15-20)16-17-9-6-5-7-10-17/h5-7,9-10,18H,2-4,8,11-16H2,1H3. The van der Waals surface area contributed by atoms with E-state index in [0.29, 0.717) is 5.91 Å². The zero-order valence-electron chi connectivity index (χ0n) is 13.4. The summed E-state index contributed by atoms with van der Waals surface area (Å²) < 4.78 is 0. The zero-order valence-corrected chi connectivity index (χ0v) is 13.4. The summed E-state index contributed by atoms with van der Waals surface area (Å²) in [4.78, 5) is 14.2. The van der Waals surface area contributed by atoms with Crippen LogP contribution in [0.4, 0.5) is 0 Å². The lowest BCUT2D eigenvalue weighted by Gasteiger charge is -2.32. The number of hydrogen-bond donors (Lipinski definition) is 0. The molecule has 0 radical (unpaired) electrons. The van der Waals surface area contributed by atoms with Crippen molar-refractivity contribution in [2.24, 2.45) is 5.92 Å². The van der Waals surface area contributed by atoms with Crippen molar-refractivity contribution in [1.82, 2.24) is 4.90 Å².